The van der Waals surface area contributed by atoms with E-state index in [1.165, 1.54) is 12.1 Å². The molecule has 0 aliphatic carbocycles. The molecule has 0 radical (unpaired) electrons. The molecule has 1 aliphatic rings. The zero-order valence-electron chi connectivity index (χ0n) is 16.9. The highest BCUT2D eigenvalue weighted by molar-refractivity contribution is 7.91. The van der Waals surface area contributed by atoms with Crippen LogP contribution in [0, 0.1) is 0 Å². The Hall–Kier alpha value is -2.39. The Labute approximate surface area is 186 Å². The Balaban J connectivity index is 1.48. The SMILES string of the molecule is Nc1ccc(S(=O)(=O)CC2COC(CCc3ccc(Cl)cc3)(Cn3ccnc3)O2)cc1. The molecule has 1 saturated heterocycles. The number of ether oxygens (including phenoxy) is 2. The maximum Gasteiger partial charge on any atom is 0.187 e. The van der Waals surface area contributed by atoms with Gasteiger partial charge >= 0.3 is 0 Å². The van der Waals surface area contributed by atoms with Gasteiger partial charge < -0.3 is 19.8 Å². The summed E-state index contributed by atoms with van der Waals surface area (Å²) in [6.45, 7) is 0.614. The number of nitrogens with two attached hydrogens (primary N) is 1. The molecule has 2 atom stereocenters. The van der Waals surface area contributed by atoms with Crippen molar-refractivity contribution in [2.45, 2.75) is 36.2 Å². The van der Waals surface area contributed by atoms with Crippen LogP contribution in [0.25, 0.3) is 0 Å². The van der Waals surface area contributed by atoms with Crippen LogP contribution < -0.4 is 5.73 Å². The highest BCUT2D eigenvalue weighted by Gasteiger charge is 2.43. The molecule has 31 heavy (non-hydrogen) atoms. The van der Waals surface area contributed by atoms with Crippen LogP contribution in [0.5, 0.6) is 0 Å². The topological polar surface area (TPSA) is 96.4 Å². The van der Waals surface area contributed by atoms with Gasteiger partial charge in [-0.15, -0.1) is 0 Å². The molecule has 1 aliphatic heterocycles. The minimum Gasteiger partial charge on any atom is -0.399 e. The number of hydrogen-bond acceptors (Lipinski definition) is 6. The smallest absolute Gasteiger partial charge is 0.187 e. The first-order chi connectivity index (χ1) is 14.8. The number of benzene rings is 2. The molecule has 164 valence electrons. The number of imidazole rings is 1. The van der Waals surface area contributed by atoms with Crippen molar-refractivity contribution in [2.24, 2.45) is 0 Å². The summed E-state index contributed by atoms with van der Waals surface area (Å²) in [6.07, 6.45) is 5.89. The molecule has 2 unspecified atom stereocenters. The number of nitrogens with zero attached hydrogens (tertiary/aromatic N) is 2. The van der Waals surface area contributed by atoms with Crippen molar-refractivity contribution < 1.29 is 17.9 Å². The fourth-order valence-corrected chi connectivity index (χ4v) is 5.18. The Kier molecular flexibility index (Phi) is 6.34. The summed E-state index contributed by atoms with van der Waals surface area (Å²) in [5.74, 6) is -1.11. The summed E-state index contributed by atoms with van der Waals surface area (Å²) >= 11 is 5.98. The molecular weight excluding hydrogens is 438 g/mol. The van der Waals surface area contributed by atoms with Gasteiger partial charge in [0.05, 0.1) is 36.2 Å². The third-order valence-corrected chi connectivity index (χ3v) is 7.30. The van der Waals surface area contributed by atoms with E-state index in [1.807, 2.05) is 35.0 Å². The van der Waals surface area contributed by atoms with Crippen LogP contribution in [0.4, 0.5) is 5.69 Å². The minimum atomic E-state index is -3.54. The lowest BCUT2D eigenvalue weighted by molar-refractivity contribution is -0.180. The number of anilines is 1. The Bertz CT molecular complexity index is 1100. The van der Waals surface area contributed by atoms with Gasteiger partial charge in [0.2, 0.25) is 0 Å². The number of halogens is 1. The van der Waals surface area contributed by atoms with Gasteiger partial charge in [0.1, 0.15) is 0 Å². The van der Waals surface area contributed by atoms with Crippen molar-refractivity contribution in [3.05, 3.63) is 77.8 Å². The highest BCUT2D eigenvalue weighted by atomic mass is 35.5. The first kappa shape index (κ1) is 21.8. The normalized spacial score (nSPS) is 21.4. The van der Waals surface area contributed by atoms with Crippen molar-refractivity contribution in [3.63, 3.8) is 0 Å². The largest absolute Gasteiger partial charge is 0.399 e. The molecule has 9 heteroatoms. The summed E-state index contributed by atoms with van der Waals surface area (Å²) < 4.78 is 39.9. The van der Waals surface area contributed by atoms with Gasteiger partial charge in [-0.2, -0.15) is 0 Å². The van der Waals surface area contributed by atoms with E-state index in [4.69, 9.17) is 26.8 Å². The molecule has 0 saturated carbocycles. The van der Waals surface area contributed by atoms with Gasteiger partial charge in [0.15, 0.2) is 15.6 Å². The van der Waals surface area contributed by atoms with Gasteiger partial charge in [0, 0.05) is 29.5 Å². The molecule has 0 bridgehead atoms. The average Bonchev–Trinajstić information content (AvgIpc) is 3.38. The van der Waals surface area contributed by atoms with E-state index in [0.717, 1.165) is 5.56 Å². The first-order valence-electron chi connectivity index (χ1n) is 9.94. The molecule has 0 amide bonds. The standard InChI is InChI=1S/C22H24ClN3O4S/c23-18-3-1-17(2-4-18)9-10-22(15-26-12-11-25-16-26)29-13-20(30-22)14-31(27,28)21-7-5-19(24)6-8-21/h1-8,11-12,16,20H,9-10,13-15,24H2. The van der Waals surface area contributed by atoms with Crippen LogP contribution in [0.3, 0.4) is 0 Å². The Morgan fingerprint density at radius 1 is 1.16 bits per heavy atom. The molecule has 4 rings (SSSR count). The summed E-state index contributed by atoms with van der Waals surface area (Å²) in [5.41, 5.74) is 7.28. The number of rotatable bonds is 8. The lowest BCUT2D eigenvalue weighted by Crippen LogP contribution is -2.37. The fraction of sp³-hybridized carbons (Fsp3) is 0.318. The number of nitrogen functional groups attached to an aromatic ring is 1. The first-order valence-corrected chi connectivity index (χ1v) is 12.0. The maximum atomic E-state index is 12.8. The van der Waals surface area contributed by atoms with E-state index in [2.05, 4.69) is 4.98 Å². The quantitative estimate of drug-likeness (QED) is 0.517. The van der Waals surface area contributed by atoms with Gasteiger partial charge in [0.25, 0.3) is 0 Å². The van der Waals surface area contributed by atoms with E-state index < -0.39 is 21.7 Å². The van der Waals surface area contributed by atoms with E-state index in [9.17, 15) is 8.42 Å². The van der Waals surface area contributed by atoms with Crippen LogP contribution in [0.2, 0.25) is 5.02 Å². The van der Waals surface area contributed by atoms with Crippen molar-refractivity contribution in [2.75, 3.05) is 18.1 Å². The fourth-order valence-electron chi connectivity index (χ4n) is 3.65. The number of aromatic nitrogens is 2. The van der Waals surface area contributed by atoms with Crippen LogP contribution in [0.1, 0.15) is 12.0 Å². The number of aryl methyl sites for hydroxylation is 1. The minimum absolute atomic E-state index is 0.163. The van der Waals surface area contributed by atoms with Crippen LogP contribution in [-0.2, 0) is 32.3 Å². The van der Waals surface area contributed by atoms with E-state index >= 15 is 0 Å². The van der Waals surface area contributed by atoms with E-state index in [1.54, 1.807) is 24.7 Å². The van der Waals surface area contributed by atoms with E-state index in [-0.39, 0.29) is 17.3 Å². The van der Waals surface area contributed by atoms with Crippen molar-refractivity contribution in [1.82, 2.24) is 9.55 Å². The molecule has 2 aromatic carbocycles. The van der Waals surface area contributed by atoms with Gasteiger partial charge in [-0.3, -0.25) is 0 Å². The second-order valence-corrected chi connectivity index (χ2v) is 10.1. The molecule has 2 heterocycles. The summed E-state index contributed by atoms with van der Waals surface area (Å²) in [5, 5.41) is 0.679. The second kappa shape index (κ2) is 9.00. The van der Waals surface area contributed by atoms with Crippen molar-refractivity contribution in [3.8, 4) is 0 Å². The predicted molar refractivity (Wildman–Crippen MR) is 118 cm³/mol. The molecular formula is C22H24ClN3O4S. The van der Waals surface area contributed by atoms with Crippen LogP contribution >= 0.6 is 11.6 Å². The van der Waals surface area contributed by atoms with Gasteiger partial charge in [-0.25, -0.2) is 13.4 Å². The third-order valence-electron chi connectivity index (χ3n) is 5.25. The number of hydrogen-bond donors (Lipinski definition) is 1. The molecule has 7 nitrogen and oxygen atoms in total. The van der Waals surface area contributed by atoms with Crippen LogP contribution in [-0.4, -0.2) is 42.2 Å². The van der Waals surface area contributed by atoms with E-state index in [0.29, 0.717) is 30.1 Å². The predicted octanol–water partition coefficient (Wildman–Crippen LogP) is 3.34. The lowest BCUT2D eigenvalue weighted by atomic mass is 10.0. The monoisotopic (exact) mass is 461 g/mol. The molecule has 1 aromatic heterocycles. The van der Waals surface area contributed by atoms with Gasteiger partial charge in [-0.1, -0.05) is 23.7 Å². The molecule has 2 N–H and O–H groups in total. The molecule has 1 fully saturated rings. The average molecular weight is 462 g/mol. The van der Waals surface area contributed by atoms with Crippen molar-refractivity contribution >= 4 is 27.1 Å². The Morgan fingerprint density at radius 3 is 2.58 bits per heavy atom. The Morgan fingerprint density at radius 2 is 1.90 bits per heavy atom. The molecule has 3 aromatic rings. The lowest BCUT2D eigenvalue weighted by Gasteiger charge is -2.28. The maximum absolute atomic E-state index is 12.8. The zero-order valence-corrected chi connectivity index (χ0v) is 18.4. The highest BCUT2D eigenvalue weighted by Crippen LogP contribution is 2.32. The van der Waals surface area contributed by atoms with Gasteiger partial charge in [-0.05, 0) is 48.4 Å². The summed E-state index contributed by atoms with van der Waals surface area (Å²) in [4.78, 5) is 4.30. The van der Waals surface area contributed by atoms with Crippen LogP contribution in [0.15, 0.2) is 72.1 Å². The zero-order chi connectivity index (χ0) is 21.9. The second-order valence-electron chi connectivity index (χ2n) is 7.67. The summed E-state index contributed by atoms with van der Waals surface area (Å²) in [6, 6.07) is 13.8. The number of sulfone groups is 1. The molecule has 0 spiro atoms. The summed E-state index contributed by atoms with van der Waals surface area (Å²) in [7, 11) is -3.54. The third kappa shape index (κ3) is 5.46. The van der Waals surface area contributed by atoms with Crippen molar-refractivity contribution in [1.29, 1.82) is 0 Å².